The minimum Gasteiger partial charge on any atom is -0.320 e. The summed E-state index contributed by atoms with van der Waals surface area (Å²) in [5, 5.41) is 26.7. The van der Waals surface area contributed by atoms with Crippen LogP contribution in [-0.2, 0) is 4.79 Å². The highest BCUT2D eigenvalue weighted by atomic mass is 19.1. The zero-order valence-corrected chi connectivity index (χ0v) is 16.7. The molecule has 10 nitrogen and oxygen atoms in total. The number of carbonyl (C=O) groups is 2. The lowest BCUT2D eigenvalue weighted by Crippen LogP contribution is -2.31. The van der Waals surface area contributed by atoms with Gasteiger partial charge in [-0.3, -0.25) is 29.8 Å². The maximum absolute atomic E-state index is 14.0. The zero-order valence-electron chi connectivity index (χ0n) is 16.7. The lowest BCUT2D eigenvalue weighted by molar-refractivity contribution is -0.385. The van der Waals surface area contributed by atoms with Crippen molar-refractivity contribution in [2.45, 2.75) is 0 Å². The third kappa shape index (κ3) is 5.82. The first kappa shape index (κ1) is 22.7. The summed E-state index contributed by atoms with van der Waals surface area (Å²) in [7, 11) is 0. The standard InChI is InChI=1S/C22H15FN4O6/c23-19-10-2-1-9-18(19)21(28)25-20(12-14-5-3-7-16(11-14)26(30)31)22(29)24-15-6-4-8-17(13-15)27(32)33/h1-13H,(H,24,29)(H,25,28)/b20-12-. The van der Waals surface area contributed by atoms with Crippen molar-refractivity contribution in [1.29, 1.82) is 0 Å². The van der Waals surface area contributed by atoms with Crippen molar-refractivity contribution < 1.29 is 23.8 Å². The van der Waals surface area contributed by atoms with Crippen molar-refractivity contribution in [2.75, 3.05) is 5.32 Å². The molecule has 3 aromatic carbocycles. The second-order valence-corrected chi connectivity index (χ2v) is 6.61. The van der Waals surface area contributed by atoms with Gasteiger partial charge in [0.25, 0.3) is 23.2 Å². The molecule has 0 aromatic heterocycles. The van der Waals surface area contributed by atoms with Gasteiger partial charge in [0.1, 0.15) is 11.5 Å². The first-order valence-electron chi connectivity index (χ1n) is 9.32. The lowest BCUT2D eigenvalue weighted by Gasteiger charge is -2.12. The Balaban J connectivity index is 1.96. The number of benzene rings is 3. The fourth-order valence-electron chi connectivity index (χ4n) is 2.78. The van der Waals surface area contributed by atoms with E-state index in [0.29, 0.717) is 0 Å². The largest absolute Gasteiger partial charge is 0.320 e. The minimum absolute atomic E-state index is 0.0688. The Bertz CT molecular complexity index is 1290. The van der Waals surface area contributed by atoms with Gasteiger partial charge in [-0.2, -0.15) is 0 Å². The summed E-state index contributed by atoms with van der Waals surface area (Å²) in [6.07, 6.45) is 1.17. The van der Waals surface area contributed by atoms with E-state index in [2.05, 4.69) is 10.6 Å². The van der Waals surface area contributed by atoms with E-state index >= 15 is 0 Å². The molecule has 3 aromatic rings. The number of carbonyl (C=O) groups excluding carboxylic acids is 2. The fourth-order valence-corrected chi connectivity index (χ4v) is 2.78. The summed E-state index contributed by atoms with van der Waals surface area (Å²) in [5.74, 6) is -2.63. The van der Waals surface area contributed by atoms with Crippen LogP contribution < -0.4 is 10.6 Å². The van der Waals surface area contributed by atoms with Crippen LogP contribution in [0.3, 0.4) is 0 Å². The third-order valence-corrected chi connectivity index (χ3v) is 4.32. The molecule has 2 N–H and O–H groups in total. The van der Waals surface area contributed by atoms with E-state index in [1.807, 2.05) is 0 Å². The van der Waals surface area contributed by atoms with Crippen LogP contribution in [0.1, 0.15) is 15.9 Å². The molecule has 0 bridgehead atoms. The van der Waals surface area contributed by atoms with Crippen LogP contribution in [-0.4, -0.2) is 21.7 Å². The predicted molar refractivity (Wildman–Crippen MR) is 117 cm³/mol. The Kier molecular flexibility index (Phi) is 6.84. The second kappa shape index (κ2) is 9.92. The van der Waals surface area contributed by atoms with Crippen molar-refractivity contribution >= 4 is 35.0 Å². The molecule has 2 amide bonds. The number of non-ortho nitro benzene ring substituents is 2. The second-order valence-electron chi connectivity index (χ2n) is 6.61. The summed E-state index contributed by atoms with van der Waals surface area (Å²) in [6.45, 7) is 0. The molecule has 0 fully saturated rings. The molecule has 0 atom stereocenters. The molecule has 0 heterocycles. The highest BCUT2D eigenvalue weighted by Crippen LogP contribution is 2.19. The van der Waals surface area contributed by atoms with Crippen molar-refractivity contribution in [3.05, 3.63) is 116 Å². The van der Waals surface area contributed by atoms with E-state index in [0.717, 1.165) is 12.1 Å². The van der Waals surface area contributed by atoms with E-state index in [1.165, 1.54) is 66.7 Å². The quantitative estimate of drug-likeness (QED) is 0.316. The molecular weight excluding hydrogens is 435 g/mol. The number of halogens is 1. The Labute approximate surface area is 185 Å². The lowest BCUT2D eigenvalue weighted by atomic mass is 10.1. The van der Waals surface area contributed by atoms with E-state index in [4.69, 9.17) is 0 Å². The molecule has 0 saturated heterocycles. The number of nitro benzene ring substituents is 2. The molecule has 33 heavy (non-hydrogen) atoms. The van der Waals surface area contributed by atoms with Gasteiger partial charge >= 0.3 is 0 Å². The molecule has 0 saturated carbocycles. The van der Waals surface area contributed by atoms with Crippen LogP contribution in [0.15, 0.2) is 78.5 Å². The Morgan fingerprint density at radius 3 is 2.15 bits per heavy atom. The molecule has 0 aliphatic rings. The van der Waals surface area contributed by atoms with Crippen LogP contribution in [0.25, 0.3) is 6.08 Å². The normalized spacial score (nSPS) is 10.9. The van der Waals surface area contributed by atoms with Crippen LogP contribution in [0, 0.1) is 26.0 Å². The molecule has 0 spiro atoms. The fraction of sp³-hybridized carbons (Fsp3) is 0. The van der Waals surface area contributed by atoms with Gasteiger partial charge in [-0.15, -0.1) is 0 Å². The van der Waals surface area contributed by atoms with Gasteiger partial charge < -0.3 is 10.6 Å². The number of nitrogens with zero attached hydrogens (tertiary/aromatic N) is 2. The molecule has 11 heteroatoms. The van der Waals surface area contributed by atoms with Crippen molar-refractivity contribution in [2.24, 2.45) is 0 Å². The topological polar surface area (TPSA) is 144 Å². The van der Waals surface area contributed by atoms with E-state index in [1.54, 1.807) is 0 Å². The average Bonchev–Trinajstić information content (AvgIpc) is 2.79. The molecular formula is C22H15FN4O6. The van der Waals surface area contributed by atoms with E-state index in [-0.39, 0.29) is 33.9 Å². The minimum atomic E-state index is -0.932. The third-order valence-electron chi connectivity index (χ3n) is 4.32. The molecule has 3 rings (SSSR count). The zero-order chi connectivity index (χ0) is 24.0. The van der Waals surface area contributed by atoms with Crippen molar-refractivity contribution in [3.8, 4) is 0 Å². The smallest absolute Gasteiger partial charge is 0.272 e. The van der Waals surface area contributed by atoms with Gasteiger partial charge in [0.2, 0.25) is 0 Å². The first-order valence-corrected chi connectivity index (χ1v) is 9.32. The molecule has 0 unspecified atom stereocenters. The van der Waals surface area contributed by atoms with Gasteiger partial charge in [0, 0.05) is 30.0 Å². The maximum Gasteiger partial charge on any atom is 0.272 e. The van der Waals surface area contributed by atoms with Gasteiger partial charge in [0.15, 0.2) is 0 Å². The number of nitrogens with one attached hydrogen (secondary N) is 2. The Morgan fingerprint density at radius 2 is 1.48 bits per heavy atom. The molecule has 166 valence electrons. The highest BCUT2D eigenvalue weighted by Gasteiger charge is 2.18. The summed E-state index contributed by atoms with van der Waals surface area (Å²) in [5.41, 5.74) is -0.933. The number of nitro groups is 2. The summed E-state index contributed by atoms with van der Waals surface area (Å²) >= 11 is 0. The maximum atomic E-state index is 14.0. The summed E-state index contributed by atoms with van der Waals surface area (Å²) in [6, 6.07) is 15.5. The highest BCUT2D eigenvalue weighted by molar-refractivity contribution is 6.10. The van der Waals surface area contributed by atoms with Crippen molar-refractivity contribution in [3.63, 3.8) is 0 Å². The van der Waals surface area contributed by atoms with Crippen LogP contribution in [0.5, 0.6) is 0 Å². The Morgan fingerprint density at radius 1 is 0.848 bits per heavy atom. The number of amides is 2. The molecule has 0 aliphatic carbocycles. The molecule has 0 radical (unpaired) electrons. The summed E-state index contributed by atoms with van der Waals surface area (Å²) < 4.78 is 14.0. The van der Waals surface area contributed by atoms with Gasteiger partial charge in [-0.25, -0.2) is 4.39 Å². The van der Waals surface area contributed by atoms with Crippen LogP contribution in [0.4, 0.5) is 21.5 Å². The monoisotopic (exact) mass is 450 g/mol. The molecule has 0 aliphatic heterocycles. The average molecular weight is 450 g/mol. The first-order chi connectivity index (χ1) is 15.7. The SMILES string of the molecule is O=C(Nc1cccc([N+](=O)[O-])c1)/C(=C/c1cccc([N+](=O)[O-])c1)NC(=O)c1ccccc1F. The van der Waals surface area contributed by atoms with Gasteiger partial charge in [-0.05, 0) is 29.8 Å². The van der Waals surface area contributed by atoms with Crippen LogP contribution in [0.2, 0.25) is 0 Å². The van der Waals surface area contributed by atoms with E-state index in [9.17, 15) is 34.2 Å². The van der Waals surface area contributed by atoms with E-state index < -0.39 is 27.5 Å². The number of hydrogen-bond donors (Lipinski definition) is 2. The number of anilines is 1. The predicted octanol–water partition coefficient (Wildman–Crippen LogP) is 4.05. The van der Waals surface area contributed by atoms with Gasteiger partial charge in [0.05, 0.1) is 15.4 Å². The van der Waals surface area contributed by atoms with Gasteiger partial charge in [-0.1, -0.05) is 30.3 Å². The summed E-state index contributed by atoms with van der Waals surface area (Å²) in [4.78, 5) is 46.2. The Hall–Kier alpha value is -4.93. The van der Waals surface area contributed by atoms with Crippen LogP contribution >= 0.6 is 0 Å². The van der Waals surface area contributed by atoms with Crippen molar-refractivity contribution in [1.82, 2.24) is 5.32 Å². The number of hydrogen-bond acceptors (Lipinski definition) is 6. The number of rotatable bonds is 7.